The Morgan fingerprint density at radius 3 is 2.84 bits per heavy atom. The van der Waals surface area contributed by atoms with Gasteiger partial charge in [0.1, 0.15) is 6.10 Å². The van der Waals surface area contributed by atoms with Crippen LogP contribution < -0.4 is 14.8 Å². The third-order valence-electron chi connectivity index (χ3n) is 3.29. The van der Waals surface area contributed by atoms with Crippen molar-refractivity contribution in [2.75, 3.05) is 7.05 Å². The highest BCUT2D eigenvalue weighted by molar-refractivity contribution is 5.11. The van der Waals surface area contributed by atoms with E-state index in [4.69, 9.17) is 9.47 Å². The molecule has 1 aliphatic carbocycles. The van der Waals surface area contributed by atoms with E-state index in [-0.39, 0.29) is 12.2 Å². The predicted molar refractivity (Wildman–Crippen MR) is 73.5 cm³/mol. The van der Waals surface area contributed by atoms with Crippen LogP contribution in [-0.2, 0) is 0 Å². The summed E-state index contributed by atoms with van der Waals surface area (Å²) in [6.45, 7) is 3.95. The molecule has 106 valence electrons. The smallest absolute Gasteiger partial charge is 0.320 e. The highest BCUT2D eigenvalue weighted by Crippen LogP contribution is 2.22. The minimum absolute atomic E-state index is 0.0995. The van der Waals surface area contributed by atoms with Crippen LogP contribution in [0, 0.1) is 0 Å². The number of hydrogen-bond acceptors (Lipinski definition) is 5. The Morgan fingerprint density at radius 1 is 1.32 bits per heavy atom. The fourth-order valence-electron chi connectivity index (χ4n) is 2.39. The van der Waals surface area contributed by atoms with Crippen LogP contribution in [0.3, 0.4) is 0 Å². The summed E-state index contributed by atoms with van der Waals surface area (Å²) < 4.78 is 11.5. The van der Waals surface area contributed by atoms with Gasteiger partial charge in [0.25, 0.3) is 0 Å². The van der Waals surface area contributed by atoms with Gasteiger partial charge in [-0.25, -0.2) is 4.98 Å². The van der Waals surface area contributed by atoms with E-state index in [9.17, 15) is 0 Å². The minimum atomic E-state index is 0.0995. The second-order valence-corrected chi connectivity index (χ2v) is 5.18. The number of hydrogen-bond donors (Lipinski definition) is 1. The van der Waals surface area contributed by atoms with Crippen molar-refractivity contribution < 1.29 is 9.47 Å². The fourth-order valence-corrected chi connectivity index (χ4v) is 2.39. The maximum atomic E-state index is 5.92. The van der Waals surface area contributed by atoms with Gasteiger partial charge in [-0.3, -0.25) is 0 Å². The summed E-state index contributed by atoms with van der Waals surface area (Å²) in [5.74, 6) is 0.566. The van der Waals surface area contributed by atoms with E-state index in [1.165, 1.54) is 12.8 Å². The largest absolute Gasteiger partial charge is 0.475 e. The first-order valence-corrected chi connectivity index (χ1v) is 7.02. The molecule has 1 heterocycles. The number of nitrogens with one attached hydrogen (secondary N) is 1. The molecule has 5 heteroatoms. The van der Waals surface area contributed by atoms with Crippen LogP contribution in [0.4, 0.5) is 0 Å². The van der Waals surface area contributed by atoms with Crippen LogP contribution in [0.2, 0.25) is 0 Å². The molecule has 19 heavy (non-hydrogen) atoms. The second-order valence-electron chi connectivity index (χ2n) is 5.18. The normalized spacial score (nSPS) is 23.4. The molecule has 0 aliphatic heterocycles. The van der Waals surface area contributed by atoms with Crippen molar-refractivity contribution >= 4 is 0 Å². The molecular formula is C14H23N3O2. The highest BCUT2D eigenvalue weighted by atomic mass is 16.5. The molecule has 1 aromatic rings. The zero-order chi connectivity index (χ0) is 13.7. The zero-order valence-corrected chi connectivity index (χ0v) is 11.9. The fraction of sp³-hybridized carbons (Fsp3) is 0.714. The van der Waals surface area contributed by atoms with Gasteiger partial charge in [-0.05, 0) is 40.2 Å². The van der Waals surface area contributed by atoms with Gasteiger partial charge in [-0.1, -0.05) is 6.42 Å². The lowest BCUT2D eigenvalue weighted by molar-refractivity contribution is 0.105. The lowest BCUT2D eigenvalue weighted by Gasteiger charge is -2.30. The van der Waals surface area contributed by atoms with Gasteiger partial charge in [0, 0.05) is 18.3 Å². The number of nitrogens with zero attached hydrogens (tertiary/aromatic N) is 2. The standard InChI is InChI=1S/C14H23N3O2/c1-10(2)18-13-8-9-16-14(17-13)19-12-7-5-4-6-11(12)15-3/h8-12,15H,4-7H2,1-3H3. The summed E-state index contributed by atoms with van der Waals surface area (Å²) in [6, 6.07) is 2.54. The zero-order valence-electron chi connectivity index (χ0n) is 11.9. The number of rotatable bonds is 5. The average Bonchev–Trinajstić information content (AvgIpc) is 2.39. The maximum Gasteiger partial charge on any atom is 0.320 e. The van der Waals surface area contributed by atoms with Crippen molar-refractivity contribution in [2.45, 2.75) is 57.8 Å². The van der Waals surface area contributed by atoms with Crippen LogP contribution in [0.25, 0.3) is 0 Å². The Labute approximate surface area is 114 Å². The maximum absolute atomic E-state index is 5.92. The highest BCUT2D eigenvalue weighted by Gasteiger charge is 2.26. The molecule has 0 saturated heterocycles. The molecule has 1 fully saturated rings. The van der Waals surface area contributed by atoms with E-state index in [0.29, 0.717) is 17.9 Å². The molecule has 2 atom stereocenters. The quantitative estimate of drug-likeness (QED) is 0.884. The Kier molecular flexibility index (Phi) is 4.96. The molecule has 1 saturated carbocycles. The van der Waals surface area contributed by atoms with E-state index < -0.39 is 0 Å². The van der Waals surface area contributed by atoms with E-state index in [1.807, 2.05) is 20.9 Å². The molecule has 2 rings (SSSR count). The monoisotopic (exact) mass is 265 g/mol. The van der Waals surface area contributed by atoms with Crippen LogP contribution in [0.5, 0.6) is 11.9 Å². The molecule has 1 aliphatic rings. The topological polar surface area (TPSA) is 56.3 Å². The summed E-state index contributed by atoms with van der Waals surface area (Å²) in [4.78, 5) is 8.46. The summed E-state index contributed by atoms with van der Waals surface area (Å²) in [5, 5.41) is 3.31. The molecule has 0 radical (unpaired) electrons. The second kappa shape index (κ2) is 6.70. The van der Waals surface area contributed by atoms with Gasteiger partial charge < -0.3 is 14.8 Å². The first-order chi connectivity index (χ1) is 9.19. The van der Waals surface area contributed by atoms with Crippen molar-refractivity contribution in [3.05, 3.63) is 12.3 Å². The summed E-state index contributed by atoms with van der Waals surface area (Å²) >= 11 is 0. The Morgan fingerprint density at radius 2 is 2.11 bits per heavy atom. The van der Waals surface area contributed by atoms with Gasteiger partial charge in [0.05, 0.1) is 6.10 Å². The molecule has 0 spiro atoms. The number of aromatic nitrogens is 2. The van der Waals surface area contributed by atoms with E-state index >= 15 is 0 Å². The lowest BCUT2D eigenvalue weighted by atomic mass is 9.92. The summed E-state index contributed by atoms with van der Waals surface area (Å²) in [5.41, 5.74) is 0. The van der Waals surface area contributed by atoms with Crippen LogP contribution in [0.15, 0.2) is 12.3 Å². The molecule has 1 aromatic heterocycles. The van der Waals surface area contributed by atoms with Gasteiger partial charge in [-0.15, -0.1) is 0 Å². The van der Waals surface area contributed by atoms with Gasteiger partial charge in [0.15, 0.2) is 0 Å². The third-order valence-corrected chi connectivity index (χ3v) is 3.29. The molecule has 2 unspecified atom stereocenters. The lowest BCUT2D eigenvalue weighted by Crippen LogP contribution is -2.43. The molecule has 1 N–H and O–H groups in total. The first kappa shape index (κ1) is 14.1. The van der Waals surface area contributed by atoms with Crippen LogP contribution >= 0.6 is 0 Å². The molecule has 5 nitrogen and oxygen atoms in total. The third kappa shape index (κ3) is 4.06. The van der Waals surface area contributed by atoms with Crippen LogP contribution in [-0.4, -0.2) is 35.3 Å². The minimum Gasteiger partial charge on any atom is -0.475 e. The Hall–Kier alpha value is -1.36. The van der Waals surface area contributed by atoms with Gasteiger partial charge in [0.2, 0.25) is 5.88 Å². The number of ether oxygens (including phenoxy) is 2. The Balaban J connectivity index is 2.01. The van der Waals surface area contributed by atoms with Crippen LogP contribution in [0.1, 0.15) is 39.5 Å². The van der Waals surface area contributed by atoms with Gasteiger partial charge >= 0.3 is 6.01 Å². The SMILES string of the molecule is CNC1CCCCC1Oc1nccc(OC(C)C)n1. The van der Waals surface area contributed by atoms with Crippen molar-refractivity contribution in [3.8, 4) is 11.9 Å². The van der Waals surface area contributed by atoms with Crippen molar-refractivity contribution in [3.63, 3.8) is 0 Å². The molecular weight excluding hydrogens is 242 g/mol. The van der Waals surface area contributed by atoms with Crippen molar-refractivity contribution in [1.29, 1.82) is 0 Å². The number of likely N-dealkylation sites (N-methyl/N-ethyl adjacent to an activating group) is 1. The van der Waals surface area contributed by atoms with E-state index in [0.717, 1.165) is 12.8 Å². The van der Waals surface area contributed by atoms with Crippen molar-refractivity contribution in [1.82, 2.24) is 15.3 Å². The Bertz CT molecular complexity index is 398. The molecule has 0 bridgehead atoms. The van der Waals surface area contributed by atoms with Crippen molar-refractivity contribution in [2.24, 2.45) is 0 Å². The summed E-state index contributed by atoms with van der Waals surface area (Å²) in [6.07, 6.45) is 6.56. The average molecular weight is 265 g/mol. The molecule has 0 aromatic carbocycles. The van der Waals surface area contributed by atoms with E-state index in [1.54, 1.807) is 12.3 Å². The molecule has 0 amide bonds. The van der Waals surface area contributed by atoms with E-state index in [2.05, 4.69) is 15.3 Å². The predicted octanol–water partition coefficient (Wildman–Crippen LogP) is 2.17. The summed E-state index contributed by atoms with van der Waals surface area (Å²) in [7, 11) is 1.98. The van der Waals surface area contributed by atoms with Gasteiger partial charge in [-0.2, -0.15) is 4.98 Å². The first-order valence-electron chi connectivity index (χ1n) is 7.02.